The van der Waals surface area contributed by atoms with Gasteiger partial charge in [-0.1, -0.05) is 49.6 Å². The zero-order valence-electron chi connectivity index (χ0n) is 66.4. The van der Waals surface area contributed by atoms with Gasteiger partial charge in [-0.25, -0.2) is 29.5 Å². The third-order valence-corrected chi connectivity index (χ3v) is 22.4. The highest BCUT2D eigenvalue weighted by atomic mass is 16.5. The van der Waals surface area contributed by atoms with Crippen LogP contribution in [-0.4, -0.2) is 151 Å². The molecule has 0 aromatic carbocycles. The first kappa shape index (κ1) is 82.5. The molecule has 0 fully saturated rings. The number of methoxy groups -OCH3 is 6. The largest absolute Gasteiger partial charge is 0.481 e. The van der Waals surface area contributed by atoms with Crippen molar-refractivity contribution in [1.29, 1.82) is 0 Å². The van der Waals surface area contributed by atoms with E-state index in [-0.39, 0.29) is 61.6 Å². The molecule has 16 bridgehead atoms. The predicted octanol–water partition coefficient (Wildman–Crippen LogP) is 13.4. The number of carbonyl (C=O) groups is 9. The van der Waals surface area contributed by atoms with E-state index in [0.717, 1.165) is 89.0 Å². The number of pyridine rings is 1. The number of aryl methyl sites for hydroxylation is 4. The standard InChI is InChI=1S/2C41H42N4O8.C6H6N2O/c1-9-23-20(2)29-17-34-27-13-10-26(39(49)52-7)38(40(50)53-8)41(27,5)35(45-34)19-30-22(4)24(11-14-36(46)47)32(44-30)18-33-25(12-15-37(48)51-6)21(3)28(43-33)16-31(23)42-29;1-9-23-20(2)29-17-34-27-13-10-26(39(49)52-7)38(40(50)53-8)41(27,5)35(45-34)19-30-22(4)25(12-15-37(48)51-6)33(44-30)18-32-24(11-14-36(46)47)21(3)28(43-32)16-31(23)42-29;7-6(9)5-2-1-3-8-4-5/h2*9-10,13,16-19,38,43,45H,1,11-12,14-15H2,2-8H3,(H,46,47);1-4H,(H2,7,9)/t2*38-,41+;/m00./s1. The average Bonchev–Trinajstić information content (AvgIpc) is 1.58. The van der Waals surface area contributed by atoms with Crippen molar-refractivity contribution in [2.45, 2.75) is 118 Å². The lowest BCUT2D eigenvalue weighted by atomic mass is 9.64. The van der Waals surface area contributed by atoms with Crippen molar-refractivity contribution in [2.24, 2.45) is 17.6 Å². The zero-order valence-corrected chi connectivity index (χ0v) is 66.4. The van der Waals surface area contributed by atoms with E-state index in [1.165, 1.54) is 48.9 Å². The number of aromatic amines is 4. The fourth-order valence-corrected chi connectivity index (χ4v) is 15.9. The summed E-state index contributed by atoms with van der Waals surface area (Å²) >= 11 is 0. The number of hydrogen-bond acceptors (Lipinski definition) is 20. The molecule has 0 unspecified atom stereocenters. The summed E-state index contributed by atoms with van der Waals surface area (Å²) in [6.07, 6.45) is 14.6. The summed E-state index contributed by atoms with van der Waals surface area (Å²) in [5.41, 5.74) is 25.2. The molecule has 8 aliphatic rings. The Kier molecular flexibility index (Phi) is 24.3. The Morgan fingerprint density at radius 3 is 1.22 bits per heavy atom. The van der Waals surface area contributed by atoms with Gasteiger partial charge >= 0.3 is 47.8 Å². The summed E-state index contributed by atoms with van der Waals surface area (Å²) in [5.74, 6) is -7.74. The maximum atomic E-state index is 13.7. The van der Waals surface area contributed by atoms with Gasteiger partial charge in [0.15, 0.2) is 0 Å². The first-order chi connectivity index (χ1) is 54.8. The van der Waals surface area contributed by atoms with E-state index in [2.05, 4.69) is 38.1 Å². The number of primary amides is 1. The van der Waals surface area contributed by atoms with Crippen LogP contribution in [0, 0.1) is 25.7 Å². The van der Waals surface area contributed by atoms with Crippen LogP contribution >= 0.6 is 0 Å². The highest BCUT2D eigenvalue weighted by Gasteiger charge is 2.55. The lowest BCUT2D eigenvalue weighted by Crippen LogP contribution is -2.42. The number of H-pyrrole nitrogens is 4. The molecule has 27 heteroatoms. The van der Waals surface area contributed by atoms with Gasteiger partial charge in [0.1, 0.15) is 11.8 Å². The van der Waals surface area contributed by atoms with Gasteiger partial charge in [-0.05, 0) is 209 Å². The summed E-state index contributed by atoms with van der Waals surface area (Å²) in [6, 6.07) is 18.5. The molecule has 0 saturated carbocycles. The minimum Gasteiger partial charge on any atom is -0.481 e. The molecule has 13 rings (SSSR count). The summed E-state index contributed by atoms with van der Waals surface area (Å²) in [5, 5.41) is 19.3. The molecule has 594 valence electrons. The molecule has 11 heterocycles. The van der Waals surface area contributed by atoms with E-state index >= 15 is 0 Å². The number of nitrogens with zero attached hydrogens (tertiary/aromatic N) is 5. The molecule has 0 radical (unpaired) electrons. The van der Waals surface area contributed by atoms with Crippen molar-refractivity contribution in [1.82, 2.24) is 44.9 Å². The molecule has 2 aliphatic carbocycles. The average molecular weight is 1560 g/mol. The Balaban J connectivity index is 0.000000204. The van der Waals surface area contributed by atoms with Gasteiger partial charge in [-0.2, -0.15) is 0 Å². The monoisotopic (exact) mass is 1560 g/mol. The molecule has 8 N–H and O–H groups in total. The first-order valence-electron chi connectivity index (χ1n) is 36.9. The molecular formula is C88H90N10O17. The van der Waals surface area contributed by atoms with Crippen LogP contribution in [0.15, 0.2) is 134 Å². The van der Waals surface area contributed by atoms with Crippen molar-refractivity contribution in [2.75, 3.05) is 42.7 Å². The van der Waals surface area contributed by atoms with Gasteiger partial charge in [0.2, 0.25) is 5.91 Å². The van der Waals surface area contributed by atoms with Crippen LogP contribution < -0.4 is 5.73 Å². The van der Waals surface area contributed by atoms with E-state index in [0.29, 0.717) is 97.8 Å². The van der Waals surface area contributed by atoms with E-state index < -0.39 is 64.4 Å². The highest BCUT2D eigenvalue weighted by Crippen LogP contribution is 2.55. The van der Waals surface area contributed by atoms with E-state index in [1.54, 1.807) is 48.7 Å². The maximum Gasteiger partial charge on any atom is 0.334 e. The van der Waals surface area contributed by atoms with Crippen LogP contribution in [0.2, 0.25) is 0 Å². The molecule has 115 heavy (non-hydrogen) atoms. The second-order valence-corrected chi connectivity index (χ2v) is 28.6. The van der Waals surface area contributed by atoms with E-state index in [1.807, 2.05) is 110 Å². The number of carboxylic acid groups (broad SMARTS) is 2. The number of nitrogens with two attached hydrogens (primary N) is 1. The predicted molar refractivity (Wildman–Crippen MR) is 433 cm³/mol. The fourth-order valence-electron chi connectivity index (χ4n) is 15.9. The number of aromatic nitrogens is 9. The van der Waals surface area contributed by atoms with Gasteiger partial charge in [-0.3, -0.25) is 38.5 Å². The number of esters is 6. The number of rotatable bonds is 19. The number of carboxylic acids is 2. The Morgan fingerprint density at radius 2 is 0.852 bits per heavy atom. The van der Waals surface area contributed by atoms with Crippen molar-refractivity contribution in [3.05, 3.63) is 230 Å². The lowest BCUT2D eigenvalue weighted by Gasteiger charge is -2.36. The summed E-state index contributed by atoms with van der Waals surface area (Å²) < 4.78 is 30.7. The normalized spacial score (nSPS) is 17.7. The number of fused-ring (bicyclic) bond motifs is 22. The second-order valence-electron chi connectivity index (χ2n) is 28.6. The number of nitrogens with one attached hydrogen (secondary N) is 4. The fraction of sp³-hybridized carbons (Fsp3) is 0.295. The van der Waals surface area contributed by atoms with Crippen LogP contribution in [0.3, 0.4) is 0 Å². The maximum absolute atomic E-state index is 13.7. The first-order valence-corrected chi connectivity index (χ1v) is 36.9. The van der Waals surface area contributed by atoms with E-state index in [9.17, 15) is 53.4 Å². The minimum atomic E-state index is -1.15. The number of amides is 1. The smallest absolute Gasteiger partial charge is 0.334 e. The van der Waals surface area contributed by atoms with Crippen LogP contribution in [0.5, 0.6) is 0 Å². The number of allylic oxidation sites excluding steroid dienone is 16. The van der Waals surface area contributed by atoms with Crippen LogP contribution in [0.25, 0.3) is 77.8 Å². The SMILES string of the molecule is C=CC1=C(C)c2cc3[nH]c(cc4nc(cc5[nH]c(cc1n2)c(C)c5CCC(=O)O)C(CCC(=O)OC)=C4C)[C@@]1(C)C3=CC=C(C(=O)OC)[C@H]1C(=O)OC.C=CC1=C(C)c2cc3[nH]c(cc4nc(cc5[nH]c(cc1n2)c(C)c5CCC(=O)OC)C(CCC(=O)O)=C4C)[C@@]1(C)C3=CC=C(C(=O)OC)[C@H]1C(=O)OC.NC(=O)c1cccnc1. The topological polar surface area (TPSA) is 403 Å². The molecule has 4 atom stereocenters. The van der Waals surface area contributed by atoms with Gasteiger partial charge in [0.05, 0.1) is 116 Å². The summed E-state index contributed by atoms with van der Waals surface area (Å²) in [6.45, 7) is 23.5. The number of hydrogen-bond donors (Lipinski definition) is 7. The number of carbonyl (C=O) groups excluding carboxylic acids is 7. The van der Waals surface area contributed by atoms with Crippen LogP contribution in [-0.2, 0) is 90.4 Å². The molecule has 0 spiro atoms. The van der Waals surface area contributed by atoms with Gasteiger partial charge in [0.25, 0.3) is 0 Å². The molecule has 6 aliphatic heterocycles. The van der Waals surface area contributed by atoms with Gasteiger partial charge in [0, 0.05) is 94.1 Å². The summed E-state index contributed by atoms with van der Waals surface area (Å²) in [7, 11) is 7.79. The molecule has 27 nitrogen and oxygen atoms in total. The molecule has 1 amide bonds. The third-order valence-electron chi connectivity index (χ3n) is 22.4. The van der Waals surface area contributed by atoms with Crippen molar-refractivity contribution in [3.8, 4) is 0 Å². The third kappa shape index (κ3) is 15.8. The highest BCUT2D eigenvalue weighted by molar-refractivity contribution is 6.05. The van der Waals surface area contributed by atoms with Crippen molar-refractivity contribution >= 4 is 131 Å². The van der Waals surface area contributed by atoms with Crippen LogP contribution in [0.4, 0.5) is 0 Å². The minimum absolute atomic E-state index is 0.0776. The van der Waals surface area contributed by atoms with E-state index in [4.69, 9.17) is 54.1 Å². The Morgan fingerprint density at radius 1 is 0.470 bits per heavy atom. The molecule has 5 aromatic heterocycles. The lowest BCUT2D eigenvalue weighted by molar-refractivity contribution is -0.149. The van der Waals surface area contributed by atoms with Crippen molar-refractivity contribution < 1.29 is 81.8 Å². The Bertz CT molecular complexity index is 5740. The van der Waals surface area contributed by atoms with Crippen LogP contribution in [0.1, 0.15) is 181 Å². The van der Waals surface area contributed by atoms with Crippen molar-refractivity contribution in [3.63, 3.8) is 0 Å². The summed E-state index contributed by atoms with van der Waals surface area (Å²) in [4.78, 5) is 150. The quantitative estimate of drug-likeness (QED) is 0.0298. The Hall–Kier alpha value is -13.5. The van der Waals surface area contributed by atoms with Gasteiger partial charge in [-0.15, -0.1) is 0 Å². The number of aliphatic carboxylic acids is 2. The molecule has 5 aromatic rings. The zero-order chi connectivity index (χ0) is 83.4. The number of ether oxygens (including phenoxy) is 6. The molecular weight excluding hydrogens is 1470 g/mol. The Labute approximate surface area is 662 Å². The van der Waals surface area contributed by atoms with Gasteiger partial charge < -0.3 is 64.3 Å². The second kappa shape index (κ2) is 33.9. The molecule has 0 saturated heterocycles.